The number of benzene rings is 2. The first-order chi connectivity index (χ1) is 13.3. The summed E-state index contributed by atoms with van der Waals surface area (Å²) in [5.41, 5.74) is 9.17. The van der Waals surface area contributed by atoms with Gasteiger partial charge in [-0.15, -0.1) is 0 Å². The summed E-state index contributed by atoms with van der Waals surface area (Å²) < 4.78 is 0. The van der Waals surface area contributed by atoms with E-state index in [2.05, 4.69) is 106 Å². The average molecular weight is 409 g/mol. The fourth-order valence-electron chi connectivity index (χ4n) is 5.27. The van der Waals surface area contributed by atoms with E-state index in [1.165, 1.54) is 27.8 Å². The van der Waals surface area contributed by atoms with Crippen LogP contribution in [0.3, 0.4) is 0 Å². The van der Waals surface area contributed by atoms with Crippen LogP contribution >= 0.6 is 7.92 Å². The van der Waals surface area contributed by atoms with Crippen LogP contribution in [0.2, 0.25) is 0 Å². The quantitative estimate of drug-likeness (QED) is 0.443. The van der Waals surface area contributed by atoms with Crippen LogP contribution in [0.15, 0.2) is 30.3 Å². The van der Waals surface area contributed by atoms with Crippen molar-refractivity contribution in [3.8, 4) is 11.1 Å². The van der Waals surface area contributed by atoms with Crippen LogP contribution in [0.5, 0.6) is 0 Å². The molecule has 0 fully saturated rings. The molecule has 0 bridgehead atoms. The van der Waals surface area contributed by atoms with Gasteiger partial charge in [-0.2, -0.15) is 0 Å². The zero-order valence-corrected chi connectivity index (χ0v) is 21.5. The maximum Gasteiger partial charge on any atom is 0.0150 e. The van der Waals surface area contributed by atoms with E-state index in [0.717, 1.165) is 0 Å². The Morgan fingerprint density at radius 3 is 1.72 bits per heavy atom. The molecule has 1 heterocycles. The van der Waals surface area contributed by atoms with Gasteiger partial charge in [0, 0.05) is 5.16 Å². The van der Waals surface area contributed by atoms with E-state index in [0.29, 0.717) is 28.1 Å². The second-order valence-corrected chi connectivity index (χ2v) is 14.9. The van der Waals surface area contributed by atoms with Gasteiger partial charge in [0.15, 0.2) is 0 Å². The molecular weight excluding hydrogens is 367 g/mol. The van der Waals surface area contributed by atoms with E-state index >= 15 is 0 Å². The summed E-state index contributed by atoms with van der Waals surface area (Å²) in [6.07, 6.45) is 0. The standard InChI is InChI=1S/C28H41P/c1-17(2)20-15-22(18(3)4)25(23(16-20)19(5)6)21-13-12-14-24-26(21)29(27(7,8)9)28(24,10)11/h12-19H,1-11H3. The highest BCUT2D eigenvalue weighted by Gasteiger charge is 2.51. The van der Waals surface area contributed by atoms with Crippen molar-refractivity contribution in [1.29, 1.82) is 0 Å². The van der Waals surface area contributed by atoms with Crippen molar-refractivity contribution < 1.29 is 0 Å². The summed E-state index contributed by atoms with van der Waals surface area (Å²) in [5, 5.41) is 2.28. The maximum absolute atomic E-state index is 2.50. The fourth-order valence-corrected chi connectivity index (χ4v) is 9.46. The van der Waals surface area contributed by atoms with E-state index in [9.17, 15) is 0 Å². The highest BCUT2D eigenvalue weighted by molar-refractivity contribution is 7.70. The van der Waals surface area contributed by atoms with Crippen molar-refractivity contribution in [3.63, 3.8) is 0 Å². The van der Waals surface area contributed by atoms with Gasteiger partial charge in [0.25, 0.3) is 0 Å². The molecule has 0 saturated carbocycles. The number of hydrogen-bond acceptors (Lipinski definition) is 0. The van der Waals surface area contributed by atoms with E-state index < -0.39 is 0 Å². The van der Waals surface area contributed by atoms with Crippen LogP contribution in [0.4, 0.5) is 0 Å². The van der Waals surface area contributed by atoms with Crippen LogP contribution < -0.4 is 5.30 Å². The second-order valence-electron chi connectivity index (χ2n) is 11.3. The zero-order valence-electron chi connectivity index (χ0n) is 20.6. The molecule has 0 radical (unpaired) electrons. The van der Waals surface area contributed by atoms with E-state index in [1.807, 2.05) is 0 Å². The normalized spacial score (nSPS) is 18.3. The molecule has 0 aromatic heterocycles. The lowest BCUT2D eigenvalue weighted by molar-refractivity contribution is 0.683. The third-order valence-electron chi connectivity index (χ3n) is 6.55. The minimum atomic E-state index is -0.226. The minimum Gasteiger partial charge on any atom is -0.0613 e. The molecule has 29 heavy (non-hydrogen) atoms. The summed E-state index contributed by atoms with van der Waals surface area (Å²) >= 11 is 0. The van der Waals surface area contributed by atoms with E-state index in [1.54, 1.807) is 10.9 Å². The maximum atomic E-state index is 2.50. The molecular formula is C28H41P. The summed E-state index contributed by atoms with van der Waals surface area (Å²) in [7, 11) is -0.226. The van der Waals surface area contributed by atoms with Gasteiger partial charge in [0.1, 0.15) is 0 Å². The molecule has 1 aliphatic rings. The molecule has 158 valence electrons. The molecule has 2 aromatic rings. The van der Waals surface area contributed by atoms with Crippen molar-refractivity contribution in [2.24, 2.45) is 0 Å². The second kappa shape index (κ2) is 7.53. The molecule has 0 spiro atoms. The fraction of sp³-hybridized carbons (Fsp3) is 0.571. The predicted molar refractivity (Wildman–Crippen MR) is 133 cm³/mol. The molecule has 0 saturated heterocycles. The summed E-state index contributed by atoms with van der Waals surface area (Å²) in [6.45, 7) is 26.3. The lowest BCUT2D eigenvalue weighted by Gasteiger charge is -2.55. The average Bonchev–Trinajstić information content (AvgIpc) is 2.58. The first-order valence-electron chi connectivity index (χ1n) is 11.4. The van der Waals surface area contributed by atoms with Gasteiger partial charge < -0.3 is 0 Å². The number of rotatable bonds is 4. The van der Waals surface area contributed by atoms with Crippen LogP contribution in [-0.4, -0.2) is 5.16 Å². The van der Waals surface area contributed by atoms with Crippen molar-refractivity contribution in [1.82, 2.24) is 0 Å². The topological polar surface area (TPSA) is 0 Å². The molecule has 0 nitrogen and oxygen atoms in total. The Labute approximate surface area is 181 Å². The third kappa shape index (κ3) is 3.72. The Kier molecular flexibility index (Phi) is 5.86. The van der Waals surface area contributed by atoms with Crippen molar-refractivity contribution >= 4 is 13.2 Å². The number of fused-ring (bicyclic) bond motifs is 1. The molecule has 3 rings (SSSR count). The van der Waals surface area contributed by atoms with E-state index in [-0.39, 0.29) is 7.92 Å². The SMILES string of the molecule is CC(C)c1cc(C(C)C)c(-c2cccc3c2P(C(C)(C)C)C3(C)C)c(C(C)C)c1. The van der Waals surface area contributed by atoms with Crippen LogP contribution in [-0.2, 0) is 5.16 Å². The highest BCUT2D eigenvalue weighted by atomic mass is 31.1. The Morgan fingerprint density at radius 2 is 1.31 bits per heavy atom. The third-order valence-corrected chi connectivity index (χ3v) is 10.2. The van der Waals surface area contributed by atoms with Gasteiger partial charge in [0.2, 0.25) is 0 Å². The van der Waals surface area contributed by atoms with Crippen LogP contribution in [0.25, 0.3) is 11.1 Å². The molecule has 0 aliphatic carbocycles. The van der Waals surface area contributed by atoms with Crippen molar-refractivity contribution in [2.45, 2.75) is 104 Å². The van der Waals surface area contributed by atoms with Gasteiger partial charge in [-0.05, 0) is 61.6 Å². The monoisotopic (exact) mass is 408 g/mol. The minimum absolute atomic E-state index is 0.226. The van der Waals surface area contributed by atoms with Gasteiger partial charge in [-0.1, -0.05) is 114 Å². The smallest absolute Gasteiger partial charge is 0.0150 e. The molecule has 1 aliphatic heterocycles. The molecule has 1 heteroatoms. The van der Waals surface area contributed by atoms with Gasteiger partial charge >= 0.3 is 0 Å². The van der Waals surface area contributed by atoms with Gasteiger partial charge in [0.05, 0.1) is 0 Å². The highest BCUT2D eigenvalue weighted by Crippen LogP contribution is 2.71. The Morgan fingerprint density at radius 1 is 0.793 bits per heavy atom. The molecule has 0 N–H and O–H groups in total. The molecule has 0 amide bonds. The van der Waals surface area contributed by atoms with Crippen molar-refractivity contribution in [2.75, 3.05) is 0 Å². The summed E-state index contributed by atoms with van der Waals surface area (Å²) in [4.78, 5) is 0. The van der Waals surface area contributed by atoms with Gasteiger partial charge in [-0.3, -0.25) is 0 Å². The largest absolute Gasteiger partial charge is 0.0613 e. The van der Waals surface area contributed by atoms with Crippen LogP contribution in [0, 0.1) is 0 Å². The van der Waals surface area contributed by atoms with Crippen LogP contribution in [0.1, 0.15) is 116 Å². The lowest BCUT2D eigenvalue weighted by atomic mass is 9.81. The zero-order chi connectivity index (χ0) is 21.9. The summed E-state index contributed by atoms with van der Waals surface area (Å²) in [6, 6.07) is 12.1. The molecule has 1 unspecified atom stereocenters. The first-order valence-corrected chi connectivity index (χ1v) is 12.7. The summed E-state index contributed by atoms with van der Waals surface area (Å²) in [5.74, 6) is 1.60. The van der Waals surface area contributed by atoms with Crippen molar-refractivity contribution in [3.05, 3.63) is 52.6 Å². The van der Waals surface area contributed by atoms with Gasteiger partial charge in [-0.25, -0.2) is 0 Å². The Hall–Kier alpha value is -1.13. The molecule has 2 aromatic carbocycles. The number of hydrogen-bond donors (Lipinski definition) is 0. The molecule has 1 atom stereocenters. The Bertz CT molecular complexity index is 877. The van der Waals surface area contributed by atoms with E-state index in [4.69, 9.17) is 0 Å². The first kappa shape index (κ1) is 22.6. The lowest BCUT2D eigenvalue weighted by Crippen LogP contribution is -2.45. The Balaban J connectivity index is 2.38. The predicted octanol–water partition coefficient (Wildman–Crippen LogP) is 8.88.